The van der Waals surface area contributed by atoms with Crippen LogP contribution < -0.4 is 5.32 Å². The van der Waals surface area contributed by atoms with Crippen LogP contribution in [-0.2, 0) is 6.18 Å². The smallest absolute Gasteiger partial charge is 0.323 e. The number of halogens is 3. The van der Waals surface area contributed by atoms with Gasteiger partial charge >= 0.3 is 6.18 Å². The van der Waals surface area contributed by atoms with Crippen LogP contribution in [0.2, 0.25) is 0 Å². The summed E-state index contributed by atoms with van der Waals surface area (Å²) in [4.78, 5) is 3.89. The van der Waals surface area contributed by atoms with E-state index in [1.54, 1.807) is 0 Å². The van der Waals surface area contributed by atoms with Crippen LogP contribution >= 0.6 is 0 Å². The van der Waals surface area contributed by atoms with Crippen LogP contribution in [0, 0.1) is 0 Å². The third kappa shape index (κ3) is 3.63. The number of nitrogens with one attached hydrogen (secondary N) is 1. The van der Waals surface area contributed by atoms with Gasteiger partial charge in [0.1, 0.15) is 0 Å². The first kappa shape index (κ1) is 18.9. The first-order valence-corrected chi connectivity index (χ1v) is 8.94. The van der Waals surface area contributed by atoms with Gasteiger partial charge in [0.15, 0.2) is 5.65 Å². The van der Waals surface area contributed by atoms with E-state index in [2.05, 4.69) is 39.4 Å². The second kappa shape index (κ2) is 7.16. The van der Waals surface area contributed by atoms with Gasteiger partial charge in [-0.25, -0.2) is 0 Å². The molecule has 0 amide bonds. The number of nitrogens with zero attached hydrogens (tertiary/aromatic N) is 5. The van der Waals surface area contributed by atoms with Gasteiger partial charge in [0.25, 0.3) is 0 Å². The normalized spacial score (nSPS) is 11.9. The largest absolute Gasteiger partial charge is 0.418 e. The van der Waals surface area contributed by atoms with Crippen molar-refractivity contribution in [1.82, 2.24) is 24.8 Å². The molecule has 0 saturated carbocycles. The van der Waals surface area contributed by atoms with E-state index in [9.17, 15) is 13.2 Å². The predicted molar refractivity (Wildman–Crippen MR) is 103 cm³/mol. The highest BCUT2D eigenvalue weighted by atomic mass is 19.4. The Bertz CT molecular complexity index is 1170. The standard InChI is InChI=1S/C20H17F3N6/c1-12(2)14-6-3-4-8-16(14)26-19-28-27-17-10-13(11-25-29(17)19)18-15(20(21,22)23)7-5-9-24-18/h3-12H,1-2H3,(H,26,28). The molecule has 0 aliphatic rings. The van der Waals surface area contributed by atoms with Gasteiger partial charge in [-0.2, -0.15) is 22.8 Å². The third-order valence-corrected chi connectivity index (χ3v) is 4.48. The summed E-state index contributed by atoms with van der Waals surface area (Å²) >= 11 is 0. The summed E-state index contributed by atoms with van der Waals surface area (Å²) in [7, 11) is 0. The monoisotopic (exact) mass is 398 g/mol. The molecule has 0 aliphatic carbocycles. The van der Waals surface area contributed by atoms with Crippen molar-refractivity contribution in [3.8, 4) is 11.3 Å². The minimum atomic E-state index is -4.52. The van der Waals surface area contributed by atoms with Gasteiger partial charge in [-0.15, -0.1) is 10.2 Å². The molecule has 4 aromatic rings. The van der Waals surface area contributed by atoms with E-state index in [1.807, 2.05) is 24.3 Å². The zero-order chi connectivity index (χ0) is 20.6. The quantitative estimate of drug-likeness (QED) is 0.520. The van der Waals surface area contributed by atoms with Crippen LogP contribution in [0.15, 0.2) is 54.9 Å². The number of pyridine rings is 1. The lowest BCUT2D eigenvalue weighted by atomic mass is 10.0. The Hall–Kier alpha value is -3.49. The molecule has 3 heterocycles. The average Bonchev–Trinajstić information content (AvgIpc) is 3.09. The molecule has 0 fully saturated rings. The van der Waals surface area contributed by atoms with E-state index >= 15 is 0 Å². The van der Waals surface area contributed by atoms with E-state index in [0.717, 1.165) is 17.3 Å². The highest BCUT2D eigenvalue weighted by Gasteiger charge is 2.34. The van der Waals surface area contributed by atoms with Crippen molar-refractivity contribution in [2.75, 3.05) is 5.32 Å². The van der Waals surface area contributed by atoms with Gasteiger partial charge in [0.05, 0.1) is 17.5 Å². The van der Waals surface area contributed by atoms with Gasteiger partial charge in [-0.1, -0.05) is 32.0 Å². The molecule has 0 spiro atoms. The summed E-state index contributed by atoms with van der Waals surface area (Å²) in [5.41, 5.74) is 1.47. The first-order valence-electron chi connectivity index (χ1n) is 8.94. The lowest BCUT2D eigenvalue weighted by molar-refractivity contribution is -0.137. The Morgan fingerprint density at radius 2 is 1.83 bits per heavy atom. The Morgan fingerprint density at radius 3 is 2.59 bits per heavy atom. The Balaban J connectivity index is 1.73. The number of aromatic nitrogens is 5. The van der Waals surface area contributed by atoms with Gasteiger partial charge in [0, 0.05) is 17.4 Å². The molecule has 0 unspecified atom stereocenters. The minimum Gasteiger partial charge on any atom is -0.323 e. The first-order chi connectivity index (χ1) is 13.8. The summed E-state index contributed by atoms with van der Waals surface area (Å²) in [6.07, 6.45) is -1.88. The number of anilines is 2. The molecule has 0 aliphatic heterocycles. The number of hydrogen-bond donors (Lipinski definition) is 1. The lowest BCUT2D eigenvalue weighted by Crippen LogP contribution is -2.08. The molecule has 6 nitrogen and oxygen atoms in total. The third-order valence-electron chi connectivity index (χ3n) is 4.48. The summed E-state index contributed by atoms with van der Waals surface area (Å²) < 4.78 is 41.3. The fraction of sp³-hybridized carbons (Fsp3) is 0.200. The second-order valence-electron chi connectivity index (χ2n) is 6.80. The number of fused-ring (bicyclic) bond motifs is 1. The molecule has 1 aromatic carbocycles. The number of rotatable bonds is 4. The van der Waals surface area contributed by atoms with Crippen molar-refractivity contribution in [3.05, 3.63) is 66.0 Å². The Labute approximate surface area is 164 Å². The fourth-order valence-electron chi connectivity index (χ4n) is 3.10. The van der Waals surface area contributed by atoms with E-state index in [-0.39, 0.29) is 11.3 Å². The topological polar surface area (TPSA) is 68.0 Å². The molecule has 0 radical (unpaired) electrons. The maximum Gasteiger partial charge on any atom is 0.418 e. The molecule has 4 rings (SSSR count). The summed E-state index contributed by atoms with van der Waals surface area (Å²) in [6, 6.07) is 11.5. The zero-order valence-electron chi connectivity index (χ0n) is 15.6. The van der Waals surface area contributed by atoms with Crippen LogP contribution in [-0.4, -0.2) is 24.8 Å². The van der Waals surface area contributed by atoms with Crippen molar-refractivity contribution in [3.63, 3.8) is 0 Å². The van der Waals surface area contributed by atoms with Crippen LogP contribution in [0.4, 0.5) is 24.8 Å². The highest BCUT2D eigenvalue weighted by Crippen LogP contribution is 2.35. The van der Waals surface area contributed by atoms with Crippen molar-refractivity contribution in [1.29, 1.82) is 0 Å². The number of alkyl halides is 3. The number of benzene rings is 1. The molecule has 29 heavy (non-hydrogen) atoms. The molecular formula is C20H17F3N6. The molecule has 1 N–H and O–H groups in total. The molecule has 148 valence electrons. The van der Waals surface area contributed by atoms with Gasteiger partial charge in [-0.3, -0.25) is 4.98 Å². The molecular weight excluding hydrogens is 381 g/mol. The highest BCUT2D eigenvalue weighted by molar-refractivity contribution is 5.68. The molecule has 0 bridgehead atoms. The average molecular weight is 398 g/mol. The van der Waals surface area contributed by atoms with Gasteiger partial charge < -0.3 is 5.32 Å². The molecule has 0 saturated heterocycles. The van der Waals surface area contributed by atoms with Crippen molar-refractivity contribution in [2.24, 2.45) is 0 Å². The lowest BCUT2D eigenvalue weighted by Gasteiger charge is -2.13. The van der Waals surface area contributed by atoms with E-state index < -0.39 is 11.7 Å². The molecule has 3 aromatic heterocycles. The van der Waals surface area contributed by atoms with E-state index in [1.165, 1.54) is 29.0 Å². The summed E-state index contributed by atoms with van der Waals surface area (Å²) in [5.74, 6) is 0.666. The van der Waals surface area contributed by atoms with Gasteiger partial charge in [0.2, 0.25) is 5.95 Å². The molecule has 0 atom stereocenters. The summed E-state index contributed by atoms with van der Waals surface area (Å²) in [6.45, 7) is 4.16. The molecule has 9 heteroatoms. The summed E-state index contributed by atoms with van der Waals surface area (Å²) in [5, 5.41) is 15.6. The maximum atomic E-state index is 13.3. The van der Waals surface area contributed by atoms with Crippen molar-refractivity contribution >= 4 is 17.3 Å². The maximum absolute atomic E-state index is 13.3. The van der Waals surface area contributed by atoms with Gasteiger partial charge in [-0.05, 0) is 35.7 Å². The fourth-order valence-corrected chi connectivity index (χ4v) is 3.10. The zero-order valence-corrected chi connectivity index (χ0v) is 15.6. The van der Waals surface area contributed by atoms with E-state index in [4.69, 9.17) is 0 Å². The predicted octanol–water partition coefficient (Wildman–Crippen LogP) is 5.07. The van der Waals surface area contributed by atoms with Crippen LogP contribution in [0.5, 0.6) is 0 Å². The minimum absolute atomic E-state index is 0.197. The number of para-hydroxylation sites is 1. The SMILES string of the molecule is CC(C)c1ccccc1Nc1nnc2cc(-c3ncccc3C(F)(F)F)cnn12. The number of hydrogen-bond acceptors (Lipinski definition) is 5. The Kier molecular flexibility index (Phi) is 4.65. The van der Waals surface area contributed by atoms with Crippen LogP contribution in [0.1, 0.15) is 30.9 Å². The van der Waals surface area contributed by atoms with E-state index in [0.29, 0.717) is 17.5 Å². The Morgan fingerprint density at radius 1 is 1.03 bits per heavy atom. The van der Waals surface area contributed by atoms with Crippen LogP contribution in [0.25, 0.3) is 16.9 Å². The van der Waals surface area contributed by atoms with Crippen molar-refractivity contribution in [2.45, 2.75) is 25.9 Å². The van der Waals surface area contributed by atoms with Crippen LogP contribution in [0.3, 0.4) is 0 Å². The second-order valence-corrected chi connectivity index (χ2v) is 6.80. The van der Waals surface area contributed by atoms with Crippen molar-refractivity contribution < 1.29 is 13.2 Å².